The first kappa shape index (κ1) is 14.3. The van der Waals surface area contributed by atoms with Crippen LogP contribution in [0.1, 0.15) is 6.42 Å². The van der Waals surface area contributed by atoms with Crippen LogP contribution in [0.4, 0.5) is 5.69 Å². The Morgan fingerprint density at radius 1 is 1.35 bits per heavy atom. The smallest absolute Gasteiger partial charge is 0.229 e. The van der Waals surface area contributed by atoms with Crippen LogP contribution in [0, 0.1) is 0 Å². The molecule has 0 saturated carbocycles. The van der Waals surface area contributed by atoms with Crippen LogP contribution < -0.4 is 5.32 Å². The Bertz CT molecular complexity index is 394. The number of amides is 1. The second-order valence-electron chi connectivity index (χ2n) is 3.25. The molecule has 0 aliphatic carbocycles. The van der Waals surface area contributed by atoms with E-state index in [1.54, 1.807) is 18.2 Å². The Morgan fingerprint density at radius 2 is 2.00 bits per heavy atom. The fourth-order valence-corrected chi connectivity index (χ4v) is 1.56. The Hall–Kier alpha value is -0.810. The summed E-state index contributed by atoms with van der Waals surface area (Å²) in [5.74, 6) is -0.261. The minimum Gasteiger partial charge on any atom is -0.355 e. The summed E-state index contributed by atoms with van der Waals surface area (Å²) >= 11 is 11.8. The molecule has 0 aliphatic heterocycles. The molecule has 1 aromatic rings. The van der Waals surface area contributed by atoms with Crippen LogP contribution in [0.5, 0.6) is 0 Å². The maximum atomic E-state index is 11.6. The molecule has 4 nitrogen and oxygen atoms in total. The van der Waals surface area contributed by atoms with Crippen LogP contribution in [0.2, 0.25) is 10.0 Å². The SMILES string of the molecule is COC(CC(=O)Nc1cccc(Cl)c1Cl)OC. The summed E-state index contributed by atoms with van der Waals surface area (Å²) in [5.41, 5.74) is 0.468. The highest BCUT2D eigenvalue weighted by Crippen LogP contribution is 2.29. The van der Waals surface area contributed by atoms with Crippen molar-refractivity contribution in [2.24, 2.45) is 0 Å². The van der Waals surface area contributed by atoms with E-state index in [-0.39, 0.29) is 12.3 Å². The van der Waals surface area contributed by atoms with E-state index in [0.717, 1.165) is 0 Å². The molecule has 0 heterocycles. The third kappa shape index (κ3) is 4.16. The van der Waals surface area contributed by atoms with Gasteiger partial charge in [-0.2, -0.15) is 0 Å². The molecule has 0 unspecified atom stereocenters. The second kappa shape index (κ2) is 6.81. The lowest BCUT2D eigenvalue weighted by molar-refractivity contribution is -0.134. The fraction of sp³-hybridized carbons (Fsp3) is 0.364. The summed E-state index contributed by atoms with van der Waals surface area (Å²) in [4.78, 5) is 11.6. The molecule has 1 aromatic carbocycles. The van der Waals surface area contributed by atoms with Crippen molar-refractivity contribution in [1.82, 2.24) is 0 Å². The largest absolute Gasteiger partial charge is 0.355 e. The molecule has 0 atom stereocenters. The van der Waals surface area contributed by atoms with E-state index in [9.17, 15) is 4.79 Å². The van der Waals surface area contributed by atoms with E-state index in [2.05, 4.69) is 5.32 Å². The Labute approximate surface area is 110 Å². The van der Waals surface area contributed by atoms with Crippen LogP contribution >= 0.6 is 23.2 Å². The summed E-state index contributed by atoms with van der Waals surface area (Å²) in [6.07, 6.45) is -0.497. The summed E-state index contributed by atoms with van der Waals surface area (Å²) in [7, 11) is 2.93. The van der Waals surface area contributed by atoms with Gasteiger partial charge in [-0.25, -0.2) is 0 Å². The molecule has 0 bridgehead atoms. The first-order valence-corrected chi connectivity index (χ1v) is 5.63. The molecule has 17 heavy (non-hydrogen) atoms. The number of carbonyl (C=O) groups is 1. The van der Waals surface area contributed by atoms with Crippen molar-refractivity contribution in [1.29, 1.82) is 0 Å². The van der Waals surface area contributed by atoms with Gasteiger partial charge in [0, 0.05) is 14.2 Å². The molecule has 1 rings (SSSR count). The van der Waals surface area contributed by atoms with Crippen molar-refractivity contribution < 1.29 is 14.3 Å². The number of halogens is 2. The number of ether oxygens (including phenoxy) is 2. The van der Waals surface area contributed by atoms with Gasteiger partial charge in [-0.3, -0.25) is 4.79 Å². The molecule has 6 heteroatoms. The highest BCUT2D eigenvalue weighted by atomic mass is 35.5. The van der Waals surface area contributed by atoms with Gasteiger partial charge in [-0.1, -0.05) is 29.3 Å². The maximum absolute atomic E-state index is 11.6. The molecule has 0 aliphatic rings. The third-order valence-corrected chi connectivity index (χ3v) is 2.92. The lowest BCUT2D eigenvalue weighted by Crippen LogP contribution is -2.22. The van der Waals surface area contributed by atoms with Gasteiger partial charge in [-0.15, -0.1) is 0 Å². The number of carbonyl (C=O) groups excluding carboxylic acids is 1. The molecule has 0 spiro atoms. The van der Waals surface area contributed by atoms with Gasteiger partial charge >= 0.3 is 0 Å². The number of methoxy groups -OCH3 is 2. The van der Waals surface area contributed by atoms with Gasteiger partial charge < -0.3 is 14.8 Å². The summed E-state index contributed by atoms with van der Waals surface area (Å²) in [5, 5.41) is 3.34. The van der Waals surface area contributed by atoms with E-state index < -0.39 is 6.29 Å². The zero-order valence-electron chi connectivity index (χ0n) is 9.50. The molecule has 0 radical (unpaired) electrons. The zero-order chi connectivity index (χ0) is 12.8. The predicted molar refractivity (Wildman–Crippen MR) is 67.5 cm³/mol. The first-order chi connectivity index (χ1) is 8.08. The lowest BCUT2D eigenvalue weighted by atomic mass is 10.3. The standard InChI is InChI=1S/C11H13Cl2NO3/c1-16-10(17-2)6-9(15)14-8-5-3-4-7(12)11(8)13/h3-5,10H,6H2,1-2H3,(H,14,15). The highest BCUT2D eigenvalue weighted by Gasteiger charge is 2.13. The van der Waals surface area contributed by atoms with Crippen LogP contribution in [0.3, 0.4) is 0 Å². The minimum absolute atomic E-state index is 0.0792. The first-order valence-electron chi connectivity index (χ1n) is 4.88. The van der Waals surface area contributed by atoms with E-state index >= 15 is 0 Å². The number of rotatable bonds is 5. The second-order valence-corrected chi connectivity index (χ2v) is 4.04. The molecule has 0 aromatic heterocycles. The highest BCUT2D eigenvalue weighted by molar-refractivity contribution is 6.43. The summed E-state index contributed by atoms with van der Waals surface area (Å²) in [6.45, 7) is 0. The Balaban J connectivity index is 2.65. The molecular formula is C11H13Cl2NO3. The van der Waals surface area contributed by atoms with E-state index in [1.807, 2.05) is 0 Å². The summed E-state index contributed by atoms with van der Waals surface area (Å²) < 4.78 is 9.84. The summed E-state index contributed by atoms with van der Waals surface area (Å²) in [6, 6.07) is 5.02. The lowest BCUT2D eigenvalue weighted by Gasteiger charge is -2.13. The van der Waals surface area contributed by atoms with Gasteiger partial charge in [0.05, 0.1) is 22.2 Å². The maximum Gasteiger partial charge on any atom is 0.229 e. The van der Waals surface area contributed by atoms with E-state index in [4.69, 9.17) is 32.7 Å². The van der Waals surface area contributed by atoms with Crippen LogP contribution in [0.15, 0.2) is 18.2 Å². The number of anilines is 1. The topological polar surface area (TPSA) is 47.6 Å². The van der Waals surface area contributed by atoms with Gasteiger partial charge in [0.2, 0.25) is 5.91 Å². The number of nitrogens with one attached hydrogen (secondary N) is 1. The number of hydrogen-bond acceptors (Lipinski definition) is 3. The van der Waals surface area contributed by atoms with Crippen molar-refractivity contribution >= 4 is 34.8 Å². The molecular weight excluding hydrogens is 265 g/mol. The fourth-order valence-electron chi connectivity index (χ4n) is 1.22. The van der Waals surface area contributed by atoms with Gasteiger partial charge in [0.25, 0.3) is 0 Å². The van der Waals surface area contributed by atoms with Crippen molar-refractivity contribution in [2.45, 2.75) is 12.7 Å². The predicted octanol–water partition coefficient (Wildman–Crippen LogP) is 2.94. The number of benzene rings is 1. The van der Waals surface area contributed by atoms with Crippen LogP contribution in [-0.2, 0) is 14.3 Å². The molecule has 94 valence electrons. The Kier molecular flexibility index (Phi) is 5.71. The molecule has 0 fully saturated rings. The monoisotopic (exact) mass is 277 g/mol. The molecule has 1 N–H and O–H groups in total. The average molecular weight is 278 g/mol. The van der Waals surface area contributed by atoms with Gasteiger partial charge in [-0.05, 0) is 12.1 Å². The zero-order valence-corrected chi connectivity index (χ0v) is 11.0. The Morgan fingerprint density at radius 3 is 2.59 bits per heavy atom. The van der Waals surface area contributed by atoms with E-state index in [1.165, 1.54) is 14.2 Å². The van der Waals surface area contributed by atoms with Gasteiger partial charge in [0.1, 0.15) is 0 Å². The normalized spacial score (nSPS) is 10.6. The van der Waals surface area contributed by atoms with Crippen molar-refractivity contribution in [3.05, 3.63) is 28.2 Å². The number of hydrogen-bond donors (Lipinski definition) is 1. The van der Waals surface area contributed by atoms with E-state index in [0.29, 0.717) is 15.7 Å². The average Bonchev–Trinajstić information content (AvgIpc) is 2.32. The quantitative estimate of drug-likeness (QED) is 0.842. The van der Waals surface area contributed by atoms with Crippen LogP contribution in [-0.4, -0.2) is 26.4 Å². The van der Waals surface area contributed by atoms with Crippen molar-refractivity contribution in [2.75, 3.05) is 19.5 Å². The van der Waals surface area contributed by atoms with Crippen molar-refractivity contribution in [3.8, 4) is 0 Å². The minimum atomic E-state index is -0.576. The van der Waals surface area contributed by atoms with Crippen LogP contribution in [0.25, 0.3) is 0 Å². The van der Waals surface area contributed by atoms with Gasteiger partial charge in [0.15, 0.2) is 6.29 Å². The van der Waals surface area contributed by atoms with Crippen molar-refractivity contribution in [3.63, 3.8) is 0 Å². The molecule has 1 amide bonds. The molecule has 0 saturated heterocycles. The third-order valence-electron chi connectivity index (χ3n) is 2.10.